The van der Waals surface area contributed by atoms with Crippen LogP contribution in [0.2, 0.25) is 5.02 Å². The molecule has 2 heterocycles. The fraction of sp³-hybridized carbons (Fsp3) is 0.318. The number of carbonyl (C=O) groups is 3. The van der Waals surface area contributed by atoms with E-state index >= 15 is 0 Å². The van der Waals surface area contributed by atoms with Gasteiger partial charge in [0.05, 0.1) is 33.9 Å². The van der Waals surface area contributed by atoms with Gasteiger partial charge in [-0.1, -0.05) is 23.7 Å². The van der Waals surface area contributed by atoms with Gasteiger partial charge in [0.15, 0.2) is 6.73 Å². The van der Waals surface area contributed by atoms with Gasteiger partial charge >= 0.3 is 5.97 Å². The fourth-order valence-electron chi connectivity index (χ4n) is 3.86. The number of morpholine rings is 1. The summed E-state index contributed by atoms with van der Waals surface area (Å²) in [5.41, 5.74) is 0.378. The lowest BCUT2D eigenvalue weighted by Crippen LogP contribution is -2.48. The molecule has 0 spiro atoms. The number of hydrogen-bond donors (Lipinski definition) is 0. The molecule has 2 aromatic carbocycles. The van der Waals surface area contributed by atoms with Gasteiger partial charge in [0, 0.05) is 13.1 Å². The Hall–Kier alpha value is -2.79. The summed E-state index contributed by atoms with van der Waals surface area (Å²) in [6, 6.07) is 10.0. The van der Waals surface area contributed by atoms with Gasteiger partial charge in [-0.25, -0.2) is 18.1 Å². The molecule has 2 atom stereocenters. The molecule has 2 aromatic rings. The molecule has 0 aliphatic carbocycles. The second kappa shape index (κ2) is 8.86. The first-order valence-corrected chi connectivity index (χ1v) is 12.0. The maximum Gasteiger partial charge on any atom is 0.339 e. The Kier molecular flexibility index (Phi) is 6.28. The van der Waals surface area contributed by atoms with Crippen molar-refractivity contribution < 1.29 is 32.3 Å². The molecule has 11 heteroatoms. The molecular weight excluding hydrogens is 472 g/mol. The zero-order valence-electron chi connectivity index (χ0n) is 17.9. The first kappa shape index (κ1) is 23.4. The Morgan fingerprint density at radius 1 is 1.06 bits per heavy atom. The number of ether oxygens (including phenoxy) is 2. The largest absolute Gasteiger partial charge is 0.440 e. The number of esters is 1. The minimum atomic E-state index is -4.00. The zero-order chi connectivity index (χ0) is 23.9. The molecule has 174 valence electrons. The predicted molar refractivity (Wildman–Crippen MR) is 117 cm³/mol. The molecule has 0 saturated carbocycles. The minimum Gasteiger partial charge on any atom is -0.440 e. The monoisotopic (exact) mass is 492 g/mol. The average Bonchev–Trinajstić information content (AvgIpc) is 3.01. The number of imide groups is 1. The SMILES string of the molecule is C[C@@H]1CN(S(=O)(=O)c2cc(C(=O)OCN3C(=O)c4ccccc4C3=O)ccc2Cl)C[C@H](C)O1. The Labute approximate surface area is 195 Å². The summed E-state index contributed by atoms with van der Waals surface area (Å²) in [7, 11) is -4.00. The quantitative estimate of drug-likeness (QED) is 0.466. The molecule has 0 aromatic heterocycles. The maximum absolute atomic E-state index is 13.2. The van der Waals surface area contributed by atoms with Crippen LogP contribution >= 0.6 is 11.6 Å². The second-order valence-corrected chi connectivity index (χ2v) is 10.2. The van der Waals surface area contributed by atoms with Crippen molar-refractivity contribution in [3.05, 3.63) is 64.2 Å². The lowest BCUT2D eigenvalue weighted by molar-refractivity contribution is -0.0440. The highest BCUT2D eigenvalue weighted by atomic mass is 35.5. The van der Waals surface area contributed by atoms with Crippen LogP contribution < -0.4 is 0 Å². The average molecular weight is 493 g/mol. The molecule has 0 radical (unpaired) electrons. The van der Waals surface area contributed by atoms with E-state index in [2.05, 4.69) is 0 Å². The third-order valence-corrected chi connectivity index (χ3v) is 7.69. The van der Waals surface area contributed by atoms with E-state index in [1.807, 2.05) is 0 Å². The second-order valence-electron chi connectivity index (χ2n) is 7.87. The molecule has 9 nitrogen and oxygen atoms in total. The van der Waals surface area contributed by atoms with Crippen molar-refractivity contribution in [3.63, 3.8) is 0 Å². The Bertz CT molecular complexity index is 1200. The van der Waals surface area contributed by atoms with Crippen LogP contribution in [-0.4, -0.2) is 67.4 Å². The lowest BCUT2D eigenvalue weighted by Gasteiger charge is -2.34. The summed E-state index contributed by atoms with van der Waals surface area (Å²) in [5.74, 6) is -2.04. The number of amides is 2. The lowest BCUT2D eigenvalue weighted by atomic mass is 10.1. The van der Waals surface area contributed by atoms with Gasteiger partial charge in [-0.2, -0.15) is 4.31 Å². The molecule has 2 aliphatic rings. The Morgan fingerprint density at radius 2 is 1.64 bits per heavy atom. The smallest absolute Gasteiger partial charge is 0.339 e. The number of rotatable bonds is 5. The van der Waals surface area contributed by atoms with Crippen molar-refractivity contribution in [1.29, 1.82) is 0 Å². The van der Waals surface area contributed by atoms with Gasteiger partial charge in [-0.05, 0) is 44.2 Å². The first-order valence-electron chi connectivity index (χ1n) is 10.2. The fourth-order valence-corrected chi connectivity index (χ4v) is 5.95. The highest BCUT2D eigenvalue weighted by Crippen LogP contribution is 2.29. The van der Waals surface area contributed by atoms with Gasteiger partial charge in [-0.3, -0.25) is 9.59 Å². The van der Waals surface area contributed by atoms with Gasteiger partial charge in [0.2, 0.25) is 10.0 Å². The van der Waals surface area contributed by atoms with Crippen molar-refractivity contribution in [1.82, 2.24) is 9.21 Å². The summed E-state index contributed by atoms with van der Waals surface area (Å²) in [6.45, 7) is 3.24. The van der Waals surface area contributed by atoms with Crippen LogP contribution in [0.4, 0.5) is 0 Å². The van der Waals surface area contributed by atoms with Crippen LogP contribution in [0, 0.1) is 0 Å². The number of sulfonamides is 1. The predicted octanol–water partition coefficient (Wildman–Crippen LogP) is 2.55. The van der Waals surface area contributed by atoms with Crippen LogP contribution in [0.15, 0.2) is 47.4 Å². The molecular formula is C22H21ClN2O7S. The van der Waals surface area contributed by atoms with Crippen molar-refractivity contribution in [2.24, 2.45) is 0 Å². The van der Waals surface area contributed by atoms with E-state index < -0.39 is 34.5 Å². The third-order valence-electron chi connectivity index (χ3n) is 5.37. The van der Waals surface area contributed by atoms with E-state index in [4.69, 9.17) is 21.1 Å². The van der Waals surface area contributed by atoms with E-state index in [-0.39, 0.29) is 51.9 Å². The first-order chi connectivity index (χ1) is 15.6. The summed E-state index contributed by atoms with van der Waals surface area (Å²) in [6.07, 6.45) is -0.592. The highest BCUT2D eigenvalue weighted by Gasteiger charge is 2.36. The van der Waals surface area contributed by atoms with Gasteiger partial charge in [0.1, 0.15) is 4.90 Å². The van der Waals surface area contributed by atoms with Crippen LogP contribution in [-0.2, 0) is 19.5 Å². The number of carbonyl (C=O) groups excluding carboxylic acids is 3. The molecule has 1 fully saturated rings. The molecule has 0 unspecified atom stereocenters. The molecule has 1 saturated heterocycles. The van der Waals surface area contributed by atoms with Crippen LogP contribution in [0.5, 0.6) is 0 Å². The standard InChI is InChI=1S/C22H21ClN2O7S/c1-13-10-24(11-14(2)32-13)33(29,30)19-9-15(7-8-18(19)23)22(28)31-12-25-20(26)16-5-3-4-6-17(16)21(25)27/h3-9,13-14H,10-12H2,1-2H3/t13-,14+. The summed E-state index contributed by atoms with van der Waals surface area (Å²) < 4.78 is 38.4. The molecule has 33 heavy (non-hydrogen) atoms. The molecule has 0 bridgehead atoms. The molecule has 2 amide bonds. The zero-order valence-corrected chi connectivity index (χ0v) is 19.4. The number of halogens is 1. The molecule has 4 rings (SSSR count). The summed E-state index contributed by atoms with van der Waals surface area (Å²) >= 11 is 6.16. The van der Waals surface area contributed by atoms with Crippen LogP contribution in [0.25, 0.3) is 0 Å². The van der Waals surface area contributed by atoms with Crippen molar-refractivity contribution in [2.75, 3.05) is 19.8 Å². The van der Waals surface area contributed by atoms with Crippen LogP contribution in [0.3, 0.4) is 0 Å². The van der Waals surface area contributed by atoms with E-state index in [1.165, 1.54) is 28.6 Å². The van der Waals surface area contributed by atoms with E-state index in [9.17, 15) is 22.8 Å². The van der Waals surface area contributed by atoms with Gasteiger partial charge in [-0.15, -0.1) is 0 Å². The topological polar surface area (TPSA) is 110 Å². The maximum atomic E-state index is 13.2. The Morgan fingerprint density at radius 3 is 2.21 bits per heavy atom. The number of hydrogen-bond acceptors (Lipinski definition) is 7. The van der Waals surface area contributed by atoms with Gasteiger partial charge in [0.25, 0.3) is 11.8 Å². The normalized spacial score (nSPS) is 21.2. The highest BCUT2D eigenvalue weighted by molar-refractivity contribution is 7.89. The van der Waals surface area contributed by atoms with E-state index in [0.717, 1.165) is 11.0 Å². The third kappa shape index (κ3) is 4.39. The number of fused-ring (bicyclic) bond motifs is 1. The molecule has 0 N–H and O–H groups in total. The van der Waals surface area contributed by atoms with Crippen molar-refractivity contribution in [3.8, 4) is 0 Å². The van der Waals surface area contributed by atoms with Crippen molar-refractivity contribution >= 4 is 39.4 Å². The van der Waals surface area contributed by atoms with E-state index in [0.29, 0.717) is 0 Å². The number of nitrogens with zero attached hydrogens (tertiary/aromatic N) is 2. The van der Waals surface area contributed by atoms with Crippen molar-refractivity contribution in [2.45, 2.75) is 31.0 Å². The molecule has 2 aliphatic heterocycles. The minimum absolute atomic E-state index is 0.0429. The van der Waals surface area contributed by atoms with Gasteiger partial charge < -0.3 is 9.47 Å². The summed E-state index contributed by atoms with van der Waals surface area (Å²) in [5, 5.41) is -0.0429. The summed E-state index contributed by atoms with van der Waals surface area (Å²) in [4.78, 5) is 38.0. The number of benzene rings is 2. The van der Waals surface area contributed by atoms with Crippen LogP contribution in [0.1, 0.15) is 44.9 Å². The van der Waals surface area contributed by atoms with E-state index in [1.54, 1.807) is 26.0 Å². The Balaban J connectivity index is 1.51.